The SMILES string of the molecule is COC(=O)c1c[nH]n2c(NC3CCCC3)c(-c3ccc(OC)cc3)nc12. The van der Waals surface area contributed by atoms with Crippen LogP contribution in [0.5, 0.6) is 5.75 Å². The van der Waals surface area contributed by atoms with Gasteiger partial charge < -0.3 is 14.8 Å². The van der Waals surface area contributed by atoms with E-state index in [-0.39, 0.29) is 0 Å². The van der Waals surface area contributed by atoms with Crippen LogP contribution in [0.4, 0.5) is 5.82 Å². The van der Waals surface area contributed by atoms with Crippen LogP contribution in [0.1, 0.15) is 36.0 Å². The second-order valence-corrected chi connectivity index (χ2v) is 6.50. The molecule has 1 aromatic carbocycles. The predicted octanol–water partition coefficient (Wildman–Crippen LogP) is 3.48. The van der Waals surface area contributed by atoms with Crippen molar-refractivity contribution in [2.45, 2.75) is 31.7 Å². The minimum absolute atomic E-state index is 0.407. The topological polar surface area (TPSA) is 80.7 Å². The summed E-state index contributed by atoms with van der Waals surface area (Å²) in [6.45, 7) is 0. The third kappa shape index (κ3) is 2.79. The van der Waals surface area contributed by atoms with Crippen LogP contribution in [0, 0.1) is 0 Å². The van der Waals surface area contributed by atoms with E-state index < -0.39 is 5.97 Å². The Hall–Kier alpha value is -2.96. The molecule has 0 radical (unpaired) electrons. The third-order valence-corrected chi connectivity index (χ3v) is 4.92. The Labute approximate surface area is 151 Å². The molecule has 2 N–H and O–H groups in total. The highest BCUT2D eigenvalue weighted by Gasteiger charge is 2.24. The Kier molecular flexibility index (Phi) is 4.28. The number of rotatable bonds is 5. The average molecular weight is 354 g/mol. The Bertz CT molecular complexity index is 920. The minimum atomic E-state index is -0.407. The first-order valence-corrected chi connectivity index (χ1v) is 8.80. The smallest absolute Gasteiger partial charge is 0.343 e. The van der Waals surface area contributed by atoms with Gasteiger partial charge in [0.05, 0.1) is 14.2 Å². The van der Waals surface area contributed by atoms with E-state index in [0.717, 1.165) is 35.7 Å². The summed E-state index contributed by atoms with van der Waals surface area (Å²) in [5, 5.41) is 6.74. The van der Waals surface area contributed by atoms with Crippen molar-refractivity contribution >= 4 is 17.4 Å². The normalized spacial score (nSPS) is 14.7. The zero-order valence-electron chi connectivity index (χ0n) is 14.9. The van der Waals surface area contributed by atoms with Gasteiger partial charge in [-0.25, -0.2) is 14.3 Å². The molecule has 0 atom stereocenters. The number of ether oxygens (including phenoxy) is 2. The van der Waals surface area contributed by atoms with Gasteiger partial charge in [0.25, 0.3) is 0 Å². The maximum Gasteiger partial charge on any atom is 0.343 e. The summed E-state index contributed by atoms with van der Waals surface area (Å²) >= 11 is 0. The number of hydrogen-bond acceptors (Lipinski definition) is 5. The molecule has 4 rings (SSSR count). The summed E-state index contributed by atoms with van der Waals surface area (Å²) in [4.78, 5) is 16.8. The maximum atomic E-state index is 12.0. The van der Waals surface area contributed by atoms with Crippen molar-refractivity contribution < 1.29 is 14.3 Å². The lowest BCUT2D eigenvalue weighted by Gasteiger charge is -2.14. The zero-order valence-corrected chi connectivity index (χ0v) is 14.9. The van der Waals surface area contributed by atoms with Gasteiger partial charge >= 0.3 is 5.97 Å². The van der Waals surface area contributed by atoms with Crippen molar-refractivity contribution in [2.24, 2.45) is 0 Å². The van der Waals surface area contributed by atoms with Crippen LogP contribution in [-0.2, 0) is 4.74 Å². The molecule has 0 amide bonds. The lowest BCUT2D eigenvalue weighted by molar-refractivity contribution is 0.0602. The number of nitrogens with zero attached hydrogens (tertiary/aromatic N) is 2. The number of esters is 1. The minimum Gasteiger partial charge on any atom is -0.497 e. The fraction of sp³-hybridized carbons (Fsp3) is 0.368. The summed E-state index contributed by atoms with van der Waals surface area (Å²) in [5.41, 5.74) is 2.74. The van der Waals surface area contributed by atoms with E-state index in [0.29, 0.717) is 17.3 Å². The van der Waals surface area contributed by atoms with E-state index in [2.05, 4.69) is 10.4 Å². The third-order valence-electron chi connectivity index (χ3n) is 4.92. The molecular weight excluding hydrogens is 332 g/mol. The van der Waals surface area contributed by atoms with Crippen LogP contribution in [-0.4, -0.2) is 40.8 Å². The molecule has 1 fully saturated rings. The molecule has 1 saturated carbocycles. The molecule has 136 valence electrons. The van der Waals surface area contributed by atoms with Gasteiger partial charge in [-0.05, 0) is 37.1 Å². The number of anilines is 1. The highest BCUT2D eigenvalue weighted by molar-refractivity contribution is 5.97. The second kappa shape index (κ2) is 6.74. The summed E-state index contributed by atoms with van der Waals surface area (Å²) in [7, 11) is 3.02. The van der Waals surface area contributed by atoms with Crippen molar-refractivity contribution in [3.63, 3.8) is 0 Å². The van der Waals surface area contributed by atoms with E-state index in [1.54, 1.807) is 13.3 Å². The number of imidazole rings is 1. The van der Waals surface area contributed by atoms with Crippen molar-refractivity contribution in [1.29, 1.82) is 0 Å². The standard InChI is InChI=1S/C19H22N4O3/c1-25-14-9-7-12(8-10-14)16-18(21-13-5-3-4-6-13)23-17(22-16)15(11-20-23)19(24)26-2/h7-11,13,20-21H,3-6H2,1-2H3. The molecule has 0 aliphatic heterocycles. The highest BCUT2D eigenvalue weighted by atomic mass is 16.5. The largest absolute Gasteiger partial charge is 0.497 e. The first kappa shape index (κ1) is 16.5. The molecule has 3 aromatic rings. The first-order valence-electron chi connectivity index (χ1n) is 8.80. The molecular formula is C19H22N4O3. The average Bonchev–Trinajstić information content (AvgIpc) is 3.39. The molecule has 0 unspecified atom stereocenters. The Morgan fingerprint density at radius 1 is 1.23 bits per heavy atom. The van der Waals surface area contributed by atoms with Crippen molar-refractivity contribution in [3.05, 3.63) is 36.0 Å². The number of hydrogen-bond donors (Lipinski definition) is 2. The van der Waals surface area contributed by atoms with Crippen molar-refractivity contribution in [1.82, 2.24) is 14.6 Å². The Morgan fingerprint density at radius 2 is 1.96 bits per heavy atom. The number of benzene rings is 1. The van der Waals surface area contributed by atoms with Crippen LogP contribution in [0.15, 0.2) is 30.5 Å². The van der Waals surface area contributed by atoms with Crippen LogP contribution in [0.3, 0.4) is 0 Å². The highest BCUT2D eigenvalue weighted by Crippen LogP contribution is 2.33. The molecule has 7 heteroatoms. The lowest BCUT2D eigenvalue weighted by Crippen LogP contribution is -2.16. The van der Waals surface area contributed by atoms with Crippen LogP contribution >= 0.6 is 0 Å². The first-order chi connectivity index (χ1) is 12.7. The summed E-state index contributed by atoms with van der Waals surface area (Å²) in [5.74, 6) is 1.25. The number of methoxy groups -OCH3 is 2. The number of carbonyl (C=O) groups is 1. The van der Waals surface area contributed by atoms with Crippen molar-refractivity contribution in [2.75, 3.05) is 19.5 Å². The molecule has 0 saturated heterocycles. The zero-order chi connectivity index (χ0) is 18.1. The van der Waals surface area contributed by atoms with Gasteiger partial charge in [0, 0.05) is 17.8 Å². The van der Waals surface area contributed by atoms with Gasteiger partial charge in [-0.3, -0.25) is 5.10 Å². The molecule has 1 aliphatic rings. The van der Waals surface area contributed by atoms with E-state index >= 15 is 0 Å². The number of H-pyrrole nitrogens is 1. The summed E-state index contributed by atoms with van der Waals surface area (Å²) in [6, 6.07) is 8.17. The number of carbonyl (C=O) groups excluding carboxylic acids is 1. The van der Waals surface area contributed by atoms with Gasteiger partial charge in [-0.15, -0.1) is 0 Å². The summed E-state index contributed by atoms with van der Waals surface area (Å²) < 4.78 is 11.9. The predicted molar refractivity (Wildman–Crippen MR) is 98.7 cm³/mol. The van der Waals surface area contributed by atoms with Crippen molar-refractivity contribution in [3.8, 4) is 17.0 Å². The van der Waals surface area contributed by atoms with E-state index in [1.165, 1.54) is 20.0 Å². The van der Waals surface area contributed by atoms with Gasteiger partial charge in [-0.1, -0.05) is 12.8 Å². The molecule has 0 bridgehead atoms. The Morgan fingerprint density at radius 3 is 2.62 bits per heavy atom. The van der Waals surface area contributed by atoms with Crippen LogP contribution in [0.25, 0.3) is 16.9 Å². The van der Waals surface area contributed by atoms with E-state index in [9.17, 15) is 4.79 Å². The number of nitrogens with one attached hydrogen (secondary N) is 2. The Balaban J connectivity index is 1.82. The van der Waals surface area contributed by atoms with Gasteiger partial charge in [0.15, 0.2) is 11.5 Å². The molecule has 0 spiro atoms. The number of fused-ring (bicyclic) bond motifs is 1. The molecule has 1 aliphatic carbocycles. The fourth-order valence-electron chi connectivity index (χ4n) is 3.53. The quantitative estimate of drug-likeness (QED) is 0.686. The summed E-state index contributed by atoms with van der Waals surface area (Å²) in [6.07, 6.45) is 6.37. The van der Waals surface area contributed by atoms with Crippen LogP contribution < -0.4 is 10.1 Å². The monoisotopic (exact) mass is 354 g/mol. The number of aromatic nitrogens is 3. The number of aromatic amines is 1. The fourth-order valence-corrected chi connectivity index (χ4v) is 3.53. The van der Waals surface area contributed by atoms with Gasteiger partial charge in [-0.2, -0.15) is 0 Å². The second-order valence-electron chi connectivity index (χ2n) is 6.50. The molecule has 26 heavy (non-hydrogen) atoms. The van der Waals surface area contributed by atoms with E-state index in [1.807, 2.05) is 28.8 Å². The van der Waals surface area contributed by atoms with Gasteiger partial charge in [0.1, 0.15) is 17.0 Å². The molecule has 2 heterocycles. The van der Waals surface area contributed by atoms with Gasteiger partial charge in [0.2, 0.25) is 0 Å². The maximum absolute atomic E-state index is 12.0. The van der Waals surface area contributed by atoms with Crippen LogP contribution in [0.2, 0.25) is 0 Å². The van der Waals surface area contributed by atoms with E-state index in [4.69, 9.17) is 14.5 Å². The lowest BCUT2D eigenvalue weighted by atomic mass is 10.1. The molecule has 2 aromatic heterocycles. The molecule has 7 nitrogen and oxygen atoms in total.